The third kappa shape index (κ3) is 3.50. The molecule has 176 valence electrons. The molecule has 0 atom stereocenters. The average molecular weight is 528 g/mol. The van der Waals surface area contributed by atoms with Gasteiger partial charge in [-0.3, -0.25) is 4.79 Å². The van der Waals surface area contributed by atoms with Gasteiger partial charge < -0.3 is 9.64 Å². The lowest BCUT2D eigenvalue weighted by Crippen LogP contribution is -2.44. The molecule has 2 heterocycles. The second-order valence-electron chi connectivity index (χ2n) is 9.45. The molecule has 2 aliphatic rings. The van der Waals surface area contributed by atoms with E-state index in [0.717, 1.165) is 68.9 Å². The molecule has 1 spiro atoms. The van der Waals surface area contributed by atoms with Crippen LogP contribution < -0.4 is 9.64 Å². The molecule has 0 radical (unpaired) electrons. The van der Waals surface area contributed by atoms with Crippen molar-refractivity contribution in [1.82, 2.24) is 9.78 Å². The van der Waals surface area contributed by atoms with Crippen LogP contribution >= 0.6 is 15.9 Å². The van der Waals surface area contributed by atoms with Crippen molar-refractivity contribution in [1.29, 1.82) is 0 Å². The number of nitrogens with zero attached hydrogens (tertiary/aromatic N) is 3. The normalized spacial score (nSPS) is 15.9. The maximum Gasteiger partial charge on any atom is 0.238 e. The molecule has 1 aromatic heterocycles. The van der Waals surface area contributed by atoms with Gasteiger partial charge in [-0.2, -0.15) is 5.10 Å². The highest BCUT2D eigenvalue weighted by molar-refractivity contribution is 9.10. The van der Waals surface area contributed by atoms with E-state index in [4.69, 9.17) is 9.84 Å². The second-order valence-corrected chi connectivity index (χ2v) is 10.3. The summed E-state index contributed by atoms with van der Waals surface area (Å²) >= 11 is 3.85. The van der Waals surface area contributed by atoms with Gasteiger partial charge in [-0.05, 0) is 89.3 Å². The minimum atomic E-state index is -0.424. The van der Waals surface area contributed by atoms with E-state index in [1.807, 2.05) is 59.0 Å². The van der Waals surface area contributed by atoms with E-state index in [0.29, 0.717) is 6.54 Å². The Balaban J connectivity index is 1.46. The standard InChI is InChI=1S/C29H26BrN3O2/c1-19-15-26(33(31-19)22-7-4-3-5-8-22)21-16-24-27(25(30)17-21)32(28(34)29(24)13-6-14-29)18-20-9-11-23(35-2)12-10-20/h3-5,7-12,15-17H,6,13-14,18H2,1-2H3. The summed E-state index contributed by atoms with van der Waals surface area (Å²) < 4.78 is 8.23. The van der Waals surface area contributed by atoms with Gasteiger partial charge in [0.1, 0.15) is 5.75 Å². The predicted octanol–water partition coefficient (Wildman–Crippen LogP) is 6.59. The van der Waals surface area contributed by atoms with E-state index in [1.165, 1.54) is 0 Å². The Morgan fingerprint density at radius 3 is 2.43 bits per heavy atom. The van der Waals surface area contributed by atoms with Crippen LogP contribution in [0.3, 0.4) is 0 Å². The molecule has 0 bridgehead atoms. The third-order valence-electron chi connectivity index (χ3n) is 7.34. The van der Waals surface area contributed by atoms with Gasteiger partial charge in [0.2, 0.25) is 5.91 Å². The highest BCUT2D eigenvalue weighted by atomic mass is 79.9. The third-order valence-corrected chi connectivity index (χ3v) is 7.94. The van der Waals surface area contributed by atoms with Crippen molar-refractivity contribution < 1.29 is 9.53 Å². The van der Waals surface area contributed by atoms with Gasteiger partial charge >= 0.3 is 0 Å². The number of benzene rings is 3. The summed E-state index contributed by atoms with van der Waals surface area (Å²) in [7, 11) is 1.66. The highest BCUT2D eigenvalue weighted by Crippen LogP contribution is 2.56. The number of carbonyl (C=O) groups is 1. The van der Waals surface area contributed by atoms with Gasteiger partial charge in [0.25, 0.3) is 0 Å². The Hall–Kier alpha value is -3.38. The van der Waals surface area contributed by atoms with E-state index >= 15 is 0 Å². The fourth-order valence-corrected chi connectivity index (χ4v) is 6.08. The largest absolute Gasteiger partial charge is 0.497 e. The molecule has 35 heavy (non-hydrogen) atoms. The summed E-state index contributed by atoms with van der Waals surface area (Å²) in [6.07, 6.45) is 2.86. The number of carbonyl (C=O) groups excluding carboxylic acids is 1. The maximum atomic E-state index is 13.8. The van der Waals surface area contributed by atoms with Crippen LogP contribution in [0.5, 0.6) is 5.75 Å². The first kappa shape index (κ1) is 22.1. The fourth-order valence-electron chi connectivity index (χ4n) is 5.41. The monoisotopic (exact) mass is 527 g/mol. The molecule has 1 aliphatic heterocycles. The van der Waals surface area contributed by atoms with E-state index in [9.17, 15) is 4.79 Å². The molecule has 1 amide bonds. The lowest BCUT2D eigenvalue weighted by Gasteiger charge is -2.37. The van der Waals surface area contributed by atoms with Crippen LogP contribution in [0.25, 0.3) is 16.9 Å². The molecule has 6 rings (SSSR count). The lowest BCUT2D eigenvalue weighted by molar-refractivity contribution is -0.126. The molecular formula is C29H26BrN3O2. The van der Waals surface area contributed by atoms with Gasteiger partial charge in [-0.25, -0.2) is 4.68 Å². The molecule has 6 heteroatoms. The number of hydrogen-bond donors (Lipinski definition) is 0. The van der Waals surface area contributed by atoms with E-state index < -0.39 is 5.41 Å². The maximum absolute atomic E-state index is 13.8. The number of ether oxygens (including phenoxy) is 1. The quantitative estimate of drug-likeness (QED) is 0.294. The predicted molar refractivity (Wildman–Crippen MR) is 141 cm³/mol. The number of fused-ring (bicyclic) bond motifs is 2. The van der Waals surface area contributed by atoms with Crippen molar-refractivity contribution in [3.8, 4) is 22.7 Å². The van der Waals surface area contributed by atoms with E-state index in [1.54, 1.807) is 7.11 Å². The molecule has 1 fully saturated rings. The number of rotatable bonds is 5. The number of amides is 1. The van der Waals surface area contributed by atoms with Crippen LogP contribution in [0, 0.1) is 6.92 Å². The molecule has 1 aliphatic carbocycles. The van der Waals surface area contributed by atoms with Crippen molar-refractivity contribution in [2.45, 2.75) is 38.1 Å². The number of methoxy groups -OCH3 is 1. The van der Waals surface area contributed by atoms with Crippen LogP contribution in [0.2, 0.25) is 0 Å². The van der Waals surface area contributed by atoms with Crippen molar-refractivity contribution in [2.24, 2.45) is 0 Å². The minimum absolute atomic E-state index is 0.208. The Bertz CT molecular complexity index is 1420. The van der Waals surface area contributed by atoms with Gasteiger partial charge in [0, 0.05) is 10.0 Å². The van der Waals surface area contributed by atoms with Gasteiger partial charge in [0.05, 0.1) is 41.8 Å². The highest BCUT2D eigenvalue weighted by Gasteiger charge is 2.55. The summed E-state index contributed by atoms with van der Waals surface area (Å²) in [6.45, 7) is 2.55. The summed E-state index contributed by atoms with van der Waals surface area (Å²) in [4.78, 5) is 15.8. The number of para-hydroxylation sites is 1. The Morgan fingerprint density at radius 1 is 1.03 bits per heavy atom. The number of halogens is 1. The van der Waals surface area contributed by atoms with Crippen LogP contribution in [0.1, 0.15) is 36.1 Å². The first-order valence-electron chi connectivity index (χ1n) is 11.9. The summed E-state index contributed by atoms with van der Waals surface area (Å²) in [6, 6.07) is 24.6. The average Bonchev–Trinajstić information content (AvgIpc) is 3.35. The van der Waals surface area contributed by atoms with Gasteiger partial charge in [-0.1, -0.05) is 36.8 Å². The Morgan fingerprint density at radius 2 is 1.77 bits per heavy atom. The number of aromatic nitrogens is 2. The molecule has 0 saturated heterocycles. The topological polar surface area (TPSA) is 47.4 Å². The molecule has 4 aromatic rings. The molecule has 1 saturated carbocycles. The zero-order chi connectivity index (χ0) is 24.2. The van der Waals surface area contributed by atoms with Gasteiger partial charge in [0.15, 0.2) is 0 Å². The smallest absolute Gasteiger partial charge is 0.238 e. The Kier molecular flexibility index (Phi) is 5.29. The zero-order valence-corrected chi connectivity index (χ0v) is 21.4. The van der Waals surface area contributed by atoms with Crippen molar-refractivity contribution in [3.63, 3.8) is 0 Å². The van der Waals surface area contributed by atoms with Crippen molar-refractivity contribution in [2.75, 3.05) is 12.0 Å². The summed E-state index contributed by atoms with van der Waals surface area (Å²) in [5.41, 5.74) is 6.83. The lowest BCUT2D eigenvalue weighted by atomic mass is 9.65. The van der Waals surface area contributed by atoms with Crippen LogP contribution in [0.15, 0.2) is 77.3 Å². The van der Waals surface area contributed by atoms with Crippen LogP contribution in [0.4, 0.5) is 5.69 Å². The first-order valence-corrected chi connectivity index (χ1v) is 12.7. The summed E-state index contributed by atoms with van der Waals surface area (Å²) in [5.74, 6) is 1.02. The van der Waals surface area contributed by atoms with E-state index in [2.05, 4.69) is 46.3 Å². The van der Waals surface area contributed by atoms with E-state index in [-0.39, 0.29) is 5.91 Å². The SMILES string of the molecule is COc1ccc(CN2C(=O)C3(CCC3)c3cc(-c4cc(C)nn4-c4ccccc4)cc(Br)c32)cc1. The molecule has 0 N–H and O–H groups in total. The van der Waals surface area contributed by atoms with Crippen molar-refractivity contribution >= 4 is 27.5 Å². The Labute approximate surface area is 213 Å². The number of hydrogen-bond acceptors (Lipinski definition) is 3. The fraction of sp³-hybridized carbons (Fsp3) is 0.241. The summed E-state index contributed by atoms with van der Waals surface area (Å²) in [5, 5.41) is 4.76. The van der Waals surface area contributed by atoms with Gasteiger partial charge in [-0.15, -0.1) is 0 Å². The van der Waals surface area contributed by atoms with Crippen LogP contribution in [-0.4, -0.2) is 22.8 Å². The second kappa shape index (κ2) is 8.38. The molecular weight excluding hydrogens is 502 g/mol. The molecule has 3 aromatic carbocycles. The molecule has 5 nitrogen and oxygen atoms in total. The van der Waals surface area contributed by atoms with Crippen molar-refractivity contribution in [3.05, 3.63) is 94.1 Å². The zero-order valence-electron chi connectivity index (χ0n) is 19.8. The molecule has 0 unspecified atom stereocenters. The first-order chi connectivity index (χ1) is 17.0. The minimum Gasteiger partial charge on any atom is -0.497 e. The number of anilines is 1. The van der Waals surface area contributed by atoms with Crippen LogP contribution in [-0.2, 0) is 16.8 Å². The number of aryl methyl sites for hydroxylation is 1.